The van der Waals surface area contributed by atoms with Gasteiger partial charge in [-0.3, -0.25) is 0 Å². The molecule has 0 aliphatic carbocycles. The van der Waals surface area contributed by atoms with Crippen LogP contribution in [0.4, 0.5) is 0 Å². The summed E-state index contributed by atoms with van der Waals surface area (Å²) in [5, 5.41) is 3.39. The average Bonchev–Trinajstić information content (AvgIpc) is 2.10. The molecule has 0 aromatic rings. The molecule has 0 aromatic heterocycles. The highest BCUT2D eigenvalue weighted by atomic mass is 15.1. The Bertz CT molecular complexity index is 106. The summed E-state index contributed by atoms with van der Waals surface area (Å²) in [4.78, 5) is 2.18. The summed E-state index contributed by atoms with van der Waals surface area (Å²) in [6, 6.07) is 0.396. The fourth-order valence-corrected chi connectivity index (χ4v) is 1.21. The highest BCUT2D eigenvalue weighted by molar-refractivity contribution is 4.67. The standard InChI is InChI=1S/C9H24N4/c1-13(2)7-3-6-12-9(8-11)4-5-10/h9,12H,3-8,10-11H2,1-2H3. The van der Waals surface area contributed by atoms with E-state index in [1.54, 1.807) is 0 Å². The summed E-state index contributed by atoms with van der Waals surface area (Å²) in [7, 11) is 4.17. The lowest BCUT2D eigenvalue weighted by molar-refractivity contribution is 0.383. The average molecular weight is 188 g/mol. The molecule has 0 saturated heterocycles. The van der Waals surface area contributed by atoms with Crippen molar-refractivity contribution in [3.8, 4) is 0 Å². The third kappa shape index (κ3) is 8.18. The van der Waals surface area contributed by atoms with Gasteiger partial charge in [-0.05, 0) is 46.6 Å². The number of nitrogens with zero attached hydrogens (tertiary/aromatic N) is 1. The van der Waals surface area contributed by atoms with Crippen LogP contribution in [0.25, 0.3) is 0 Å². The van der Waals surface area contributed by atoms with Gasteiger partial charge >= 0.3 is 0 Å². The molecule has 0 bridgehead atoms. The second-order valence-electron chi connectivity index (χ2n) is 3.62. The molecule has 1 unspecified atom stereocenters. The van der Waals surface area contributed by atoms with Gasteiger partial charge in [0.2, 0.25) is 0 Å². The molecule has 0 fully saturated rings. The Balaban J connectivity index is 3.27. The minimum absolute atomic E-state index is 0.396. The van der Waals surface area contributed by atoms with Gasteiger partial charge in [0.1, 0.15) is 0 Å². The van der Waals surface area contributed by atoms with Crippen LogP contribution in [0.1, 0.15) is 12.8 Å². The Kier molecular flexibility index (Phi) is 8.33. The fourth-order valence-electron chi connectivity index (χ4n) is 1.21. The predicted molar refractivity (Wildman–Crippen MR) is 57.7 cm³/mol. The van der Waals surface area contributed by atoms with Crippen LogP contribution in [0.2, 0.25) is 0 Å². The molecule has 1 atom stereocenters. The summed E-state index contributed by atoms with van der Waals surface area (Å²) >= 11 is 0. The minimum atomic E-state index is 0.396. The number of rotatable bonds is 8. The molecule has 4 heteroatoms. The van der Waals surface area contributed by atoms with Crippen molar-refractivity contribution in [2.45, 2.75) is 18.9 Å². The van der Waals surface area contributed by atoms with Crippen molar-refractivity contribution in [1.29, 1.82) is 0 Å². The first-order valence-corrected chi connectivity index (χ1v) is 4.99. The molecule has 5 N–H and O–H groups in total. The molecular weight excluding hydrogens is 164 g/mol. The first-order valence-electron chi connectivity index (χ1n) is 4.99. The van der Waals surface area contributed by atoms with E-state index >= 15 is 0 Å². The second kappa shape index (κ2) is 8.44. The molecule has 0 heterocycles. The van der Waals surface area contributed by atoms with Crippen molar-refractivity contribution in [3.63, 3.8) is 0 Å². The van der Waals surface area contributed by atoms with E-state index in [0.29, 0.717) is 19.1 Å². The number of hydrogen-bond donors (Lipinski definition) is 3. The molecule has 0 spiro atoms. The Morgan fingerprint density at radius 3 is 2.46 bits per heavy atom. The fraction of sp³-hybridized carbons (Fsp3) is 1.00. The summed E-state index contributed by atoms with van der Waals surface area (Å²) in [5.41, 5.74) is 11.0. The van der Waals surface area contributed by atoms with Crippen molar-refractivity contribution in [3.05, 3.63) is 0 Å². The van der Waals surface area contributed by atoms with E-state index in [2.05, 4.69) is 24.3 Å². The number of nitrogens with two attached hydrogens (primary N) is 2. The molecule has 13 heavy (non-hydrogen) atoms. The zero-order valence-electron chi connectivity index (χ0n) is 8.92. The van der Waals surface area contributed by atoms with Gasteiger partial charge in [0.25, 0.3) is 0 Å². The largest absolute Gasteiger partial charge is 0.330 e. The molecule has 0 aromatic carbocycles. The molecule has 4 nitrogen and oxygen atoms in total. The van der Waals surface area contributed by atoms with Gasteiger partial charge in [0.15, 0.2) is 0 Å². The minimum Gasteiger partial charge on any atom is -0.330 e. The van der Waals surface area contributed by atoms with Crippen molar-refractivity contribution < 1.29 is 0 Å². The van der Waals surface area contributed by atoms with Gasteiger partial charge in [-0.25, -0.2) is 0 Å². The van der Waals surface area contributed by atoms with Gasteiger partial charge in [-0.1, -0.05) is 0 Å². The van der Waals surface area contributed by atoms with Gasteiger partial charge in [-0.15, -0.1) is 0 Å². The van der Waals surface area contributed by atoms with Crippen molar-refractivity contribution in [2.75, 3.05) is 40.3 Å². The molecule has 0 radical (unpaired) electrons. The van der Waals surface area contributed by atoms with Gasteiger partial charge < -0.3 is 21.7 Å². The lowest BCUT2D eigenvalue weighted by Gasteiger charge is -2.16. The van der Waals surface area contributed by atoms with E-state index in [4.69, 9.17) is 11.5 Å². The Hall–Kier alpha value is -0.160. The lowest BCUT2D eigenvalue weighted by atomic mass is 10.2. The summed E-state index contributed by atoms with van der Waals surface area (Å²) in [6.45, 7) is 3.54. The van der Waals surface area contributed by atoms with Crippen LogP contribution in [0.5, 0.6) is 0 Å². The van der Waals surface area contributed by atoms with Crippen LogP contribution in [-0.4, -0.2) is 51.2 Å². The topological polar surface area (TPSA) is 67.3 Å². The summed E-state index contributed by atoms with van der Waals surface area (Å²) in [6.07, 6.45) is 2.13. The van der Waals surface area contributed by atoms with Crippen LogP contribution >= 0.6 is 0 Å². The Morgan fingerprint density at radius 1 is 1.31 bits per heavy atom. The normalized spacial score (nSPS) is 13.6. The van der Waals surface area contributed by atoms with E-state index in [-0.39, 0.29) is 0 Å². The Morgan fingerprint density at radius 2 is 2.00 bits per heavy atom. The van der Waals surface area contributed by atoms with E-state index in [1.807, 2.05) is 0 Å². The van der Waals surface area contributed by atoms with Crippen molar-refractivity contribution in [1.82, 2.24) is 10.2 Å². The number of hydrogen-bond acceptors (Lipinski definition) is 4. The van der Waals surface area contributed by atoms with E-state index in [9.17, 15) is 0 Å². The molecule has 0 rings (SSSR count). The SMILES string of the molecule is CN(C)CCCNC(CN)CCN. The van der Waals surface area contributed by atoms with Crippen molar-refractivity contribution in [2.24, 2.45) is 11.5 Å². The smallest absolute Gasteiger partial charge is 0.0202 e. The third-order valence-electron chi connectivity index (χ3n) is 2.01. The number of nitrogens with one attached hydrogen (secondary N) is 1. The van der Waals surface area contributed by atoms with Gasteiger partial charge in [0.05, 0.1) is 0 Å². The molecule has 0 saturated carbocycles. The summed E-state index contributed by atoms with van der Waals surface area (Å²) < 4.78 is 0. The van der Waals surface area contributed by atoms with Crippen LogP contribution in [0.3, 0.4) is 0 Å². The maximum absolute atomic E-state index is 5.57. The van der Waals surface area contributed by atoms with Crippen LogP contribution in [0.15, 0.2) is 0 Å². The van der Waals surface area contributed by atoms with E-state index < -0.39 is 0 Å². The first-order chi connectivity index (χ1) is 6.20. The predicted octanol–water partition coefficient (Wildman–Crippen LogP) is -0.796. The maximum atomic E-state index is 5.57. The zero-order valence-corrected chi connectivity index (χ0v) is 8.92. The lowest BCUT2D eigenvalue weighted by Crippen LogP contribution is -2.38. The Labute approximate surface area is 81.6 Å². The zero-order chi connectivity index (χ0) is 10.1. The quantitative estimate of drug-likeness (QED) is 0.436. The van der Waals surface area contributed by atoms with Crippen molar-refractivity contribution >= 4 is 0 Å². The van der Waals surface area contributed by atoms with Crippen LogP contribution in [0, 0.1) is 0 Å². The second-order valence-corrected chi connectivity index (χ2v) is 3.62. The molecule has 0 amide bonds. The molecular formula is C9H24N4. The molecule has 0 aliphatic rings. The van der Waals surface area contributed by atoms with E-state index in [0.717, 1.165) is 25.9 Å². The first kappa shape index (κ1) is 12.8. The molecule has 80 valence electrons. The maximum Gasteiger partial charge on any atom is 0.0202 e. The molecule has 0 aliphatic heterocycles. The summed E-state index contributed by atoms with van der Waals surface area (Å²) in [5.74, 6) is 0. The highest BCUT2D eigenvalue weighted by Gasteiger charge is 2.02. The monoisotopic (exact) mass is 188 g/mol. The highest BCUT2D eigenvalue weighted by Crippen LogP contribution is 1.88. The third-order valence-corrected chi connectivity index (χ3v) is 2.01. The van der Waals surface area contributed by atoms with Crippen LogP contribution in [-0.2, 0) is 0 Å². The van der Waals surface area contributed by atoms with Gasteiger partial charge in [0, 0.05) is 12.6 Å². The van der Waals surface area contributed by atoms with E-state index in [1.165, 1.54) is 0 Å². The van der Waals surface area contributed by atoms with Gasteiger partial charge in [-0.2, -0.15) is 0 Å². The van der Waals surface area contributed by atoms with Crippen LogP contribution < -0.4 is 16.8 Å².